The third-order valence-electron chi connectivity index (χ3n) is 4.71. The van der Waals surface area contributed by atoms with E-state index in [9.17, 15) is 4.79 Å². The first-order valence-corrected chi connectivity index (χ1v) is 6.13. The fraction of sp³-hybridized carbons (Fsp3) is 0.917. The number of rotatable bonds is 0. The fourth-order valence-corrected chi connectivity index (χ4v) is 4.10. The third kappa shape index (κ3) is 0.999. The summed E-state index contributed by atoms with van der Waals surface area (Å²) in [6, 6.07) is 0. The molecule has 0 bridgehead atoms. The van der Waals surface area contributed by atoms with E-state index >= 15 is 0 Å². The molecule has 1 spiro atoms. The van der Waals surface area contributed by atoms with Gasteiger partial charge in [0.25, 0.3) is 0 Å². The summed E-state index contributed by atoms with van der Waals surface area (Å²) in [7, 11) is 0. The van der Waals surface area contributed by atoms with Gasteiger partial charge in [-0.2, -0.15) is 0 Å². The highest BCUT2D eigenvalue weighted by Crippen LogP contribution is 2.49. The number of amides is 1. The van der Waals surface area contributed by atoms with Gasteiger partial charge in [-0.3, -0.25) is 4.79 Å². The van der Waals surface area contributed by atoms with Crippen LogP contribution in [0.25, 0.3) is 0 Å². The highest BCUT2D eigenvalue weighted by Gasteiger charge is 2.51. The summed E-state index contributed by atoms with van der Waals surface area (Å²) in [5, 5.41) is 0. The van der Waals surface area contributed by atoms with Gasteiger partial charge >= 0.3 is 0 Å². The van der Waals surface area contributed by atoms with Crippen LogP contribution in [-0.4, -0.2) is 22.9 Å². The first-order chi connectivity index (χ1) is 6.83. The third-order valence-corrected chi connectivity index (χ3v) is 4.71. The Kier molecular flexibility index (Phi) is 1.86. The van der Waals surface area contributed by atoms with Crippen LogP contribution in [0.3, 0.4) is 0 Å². The van der Waals surface area contributed by atoms with Gasteiger partial charge in [0.05, 0.1) is 0 Å². The normalized spacial score (nSPS) is 42.1. The average molecular weight is 193 g/mol. The molecule has 2 nitrogen and oxygen atoms in total. The van der Waals surface area contributed by atoms with E-state index in [0.717, 1.165) is 18.9 Å². The topological polar surface area (TPSA) is 20.3 Å². The van der Waals surface area contributed by atoms with Crippen LogP contribution in [0.5, 0.6) is 0 Å². The monoisotopic (exact) mass is 193 g/mol. The summed E-state index contributed by atoms with van der Waals surface area (Å²) in [4.78, 5) is 14.1. The lowest BCUT2D eigenvalue weighted by Crippen LogP contribution is -2.56. The van der Waals surface area contributed by atoms with Crippen molar-refractivity contribution in [2.24, 2.45) is 5.92 Å². The van der Waals surface area contributed by atoms with Gasteiger partial charge in [0.2, 0.25) is 5.91 Å². The molecule has 0 aromatic carbocycles. The first-order valence-electron chi connectivity index (χ1n) is 6.13. The molecule has 0 aromatic heterocycles. The zero-order valence-electron chi connectivity index (χ0n) is 8.80. The molecule has 0 radical (unpaired) electrons. The summed E-state index contributed by atoms with van der Waals surface area (Å²) >= 11 is 0. The molecule has 0 aromatic rings. The molecule has 1 unspecified atom stereocenters. The number of nitrogens with zero attached hydrogens (tertiary/aromatic N) is 1. The van der Waals surface area contributed by atoms with E-state index in [2.05, 4.69) is 4.90 Å². The molecule has 2 heteroatoms. The molecule has 3 fully saturated rings. The fourth-order valence-electron chi connectivity index (χ4n) is 4.10. The van der Waals surface area contributed by atoms with Crippen molar-refractivity contribution in [2.45, 2.75) is 56.9 Å². The van der Waals surface area contributed by atoms with Crippen molar-refractivity contribution in [3.63, 3.8) is 0 Å². The SMILES string of the molecule is O=C1CC[C@H]2CCCCC23CCCN13. The highest BCUT2D eigenvalue weighted by molar-refractivity contribution is 5.78. The van der Waals surface area contributed by atoms with Crippen LogP contribution in [0, 0.1) is 5.92 Å². The molecule has 0 N–H and O–H groups in total. The van der Waals surface area contributed by atoms with Gasteiger partial charge in [-0.25, -0.2) is 0 Å². The average Bonchev–Trinajstić information content (AvgIpc) is 2.62. The lowest BCUT2D eigenvalue weighted by atomic mass is 9.67. The van der Waals surface area contributed by atoms with Crippen molar-refractivity contribution in [2.75, 3.05) is 6.54 Å². The number of carbonyl (C=O) groups excluding carboxylic acids is 1. The summed E-state index contributed by atoms with van der Waals surface area (Å²) in [6.07, 6.45) is 9.97. The maximum atomic E-state index is 11.9. The molecule has 2 aliphatic heterocycles. The minimum absolute atomic E-state index is 0.341. The predicted octanol–water partition coefficient (Wildman–Crippen LogP) is 2.33. The lowest BCUT2D eigenvalue weighted by molar-refractivity contribution is -0.145. The van der Waals surface area contributed by atoms with Crippen molar-refractivity contribution >= 4 is 5.91 Å². The first kappa shape index (κ1) is 8.75. The second kappa shape index (κ2) is 2.98. The van der Waals surface area contributed by atoms with Gasteiger partial charge in [-0.1, -0.05) is 12.8 Å². The molecule has 2 atom stereocenters. The summed E-state index contributed by atoms with van der Waals surface area (Å²) in [6.45, 7) is 1.05. The Balaban J connectivity index is 1.95. The summed E-state index contributed by atoms with van der Waals surface area (Å²) in [5.74, 6) is 1.29. The molecule has 1 amide bonds. The van der Waals surface area contributed by atoms with E-state index in [1.54, 1.807) is 0 Å². The van der Waals surface area contributed by atoms with Crippen LogP contribution in [0.15, 0.2) is 0 Å². The van der Waals surface area contributed by atoms with Crippen molar-refractivity contribution < 1.29 is 4.79 Å². The maximum absolute atomic E-state index is 11.9. The van der Waals surface area contributed by atoms with E-state index in [1.807, 2.05) is 0 Å². The van der Waals surface area contributed by atoms with Crippen LogP contribution in [0.2, 0.25) is 0 Å². The van der Waals surface area contributed by atoms with Crippen LogP contribution in [-0.2, 0) is 4.79 Å². The largest absolute Gasteiger partial charge is 0.337 e. The smallest absolute Gasteiger partial charge is 0.223 e. The Morgan fingerprint density at radius 2 is 2.00 bits per heavy atom. The van der Waals surface area contributed by atoms with Crippen molar-refractivity contribution in [1.29, 1.82) is 0 Å². The quantitative estimate of drug-likeness (QED) is 0.578. The molecular weight excluding hydrogens is 174 g/mol. The van der Waals surface area contributed by atoms with Gasteiger partial charge in [0.15, 0.2) is 0 Å². The molecule has 78 valence electrons. The second-order valence-corrected chi connectivity index (χ2v) is 5.23. The maximum Gasteiger partial charge on any atom is 0.223 e. The van der Waals surface area contributed by atoms with Gasteiger partial charge in [0.1, 0.15) is 0 Å². The summed E-state index contributed by atoms with van der Waals surface area (Å²) in [5.41, 5.74) is 0.341. The summed E-state index contributed by atoms with van der Waals surface area (Å²) < 4.78 is 0. The Bertz CT molecular complexity index is 263. The Hall–Kier alpha value is -0.530. The van der Waals surface area contributed by atoms with Gasteiger partial charge in [0, 0.05) is 18.5 Å². The molecule has 1 aliphatic carbocycles. The van der Waals surface area contributed by atoms with Gasteiger partial charge in [-0.15, -0.1) is 0 Å². The van der Waals surface area contributed by atoms with Crippen LogP contribution in [0.4, 0.5) is 0 Å². The van der Waals surface area contributed by atoms with Crippen molar-refractivity contribution in [3.8, 4) is 0 Å². The Morgan fingerprint density at radius 3 is 2.93 bits per heavy atom. The number of hydrogen-bond donors (Lipinski definition) is 0. The van der Waals surface area contributed by atoms with Crippen LogP contribution >= 0.6 is 0 Å². The lowest BCUT2D eigenvalue weighted by Gasteiger charge is -2.51. The molecule has 2 heterocycles. The van der Waals surface area contributed by atoms with Crippen LogP contribution < -0.4 is 0 Å². The molecule has 14 heavy (non-hydrogen) atoms. The van der Waals surface area contributed by atoms with E-state index < -0.39 is 0 Å². The van der Waals surface area contributed by atoms with E-state index in [0.29, 0.717) is 11.4 Å². The second-order valence-electron chi connectivity index (χ2n) is 5.23. The molecule has 3 aliphatic rings. The highest BCUT2D eigenvalue weighted by atomic mass is 16.2. The zero-order valence-corrected chi connectivity index (χ0v) is 8.80. The molecular formula is C12H19NO. The Morgan fingerprint density at radius 1 is 1.14 bits per heavy atom. The predicted molar refractivity (Wildman–Crippen MR) is 54.9 cm³/mol. The molecule has 1 saturated carbocycles. The van der Waals surface area contributed by atoms with E-state index in [1.165, 1.54) is 44.9 Å². The number of piperidine rings is 1. The minimum Gasteiger partial charge on any atom is -0.337 e. The van der Waals surface area contributed by atoms with Gasteiger partial charge < -0.3 is 4.90 Å². The van der Waals surface area contributed by atoms with Gasteiger partial charge in [-0.05, 0) is 38.0 Å². The van der Waals surface area contributed by atoms with Crippen molar-refractivity contribution in [3.05, 3.63) is 0 Å². The molecule has 2 saturated heterocycles. The Labute approximate surface area is 85.7 Å². The zero-order chi connectivity index (χ0) is 9.60. The standard InChI is InChI=1S/C12H19NO/c14-11-6-5-10-4-1-2-7-12(10)8-3-9-13(11)12/h10H,1-9H2/t10-,12?/m1/s1. The number of hydrogen-bond acceptors (Lipinski definition) is 1. The van der Waals surface area contributed by atoms with Crippen LogP contribution in [0.1, 0.15) is 51.4 Å². The van der Waals surface area contributed by atoms with Crippen molar-refractivity contribution in [1.82, 2.24) is 4.90 Å². The molecule has 3 rings (SSSR count). The number of carbonyl (C=O) groups is 1. The van der Waals surface area contributed by atoms with E-state index in [-0.39, 0.29) is 0 Å². The van der Waals surface area contributed by atoms with E-state index in [4.69, 9.17) is 0 Å². The minimum atomic E-state index is 0.341.